The van der Waals surface area contributed by atoms with E-state index < -0.39 is 12.7 Å². The third kappa shape index (κ3) is 5.07. The molecule has 3 aromatic rings. The molecule has 0 spiro atoms. The number of ketones is 1. The number of rotatable bonds is 10. The lowest BCUT2D eigenvalue weighted by Crippen LogP contribution is -2.16. The Labute approximate surface area is 188 Å². The Hall–Kier alpha value is -3.01. The predicted molar refractivity (Wildman–Crippen MR) is 122 cm³/mol. The number of allylic oxidation sites excluding steroid dienone is 1. The van der Waals surface area contributed by atoms with Crippen LogP contribution in [0, 0.1) is 5.82 Å². The molecule has 0 radical (unpaired) electrons. The van der Waals surface area contributed by atoms with Gasteiger partial charge in [-0.3, -0.25) is 4.79 Å². The Balaban J connectivity index is 2.07. The molecule has 1 unspecified atom stereocenters. The first kappa shape index (κ1) is 23.6. The van der Waals surface area contributed by atoms with Crippen molar-refractivity contribution in [3.8, 4) is 17.2 Å². The summed E-state index contributed by atoms with van der Waals surface area (Å²) in [7, 11) is 4.39. The molecule has 1 heterocycles. The zero-order valence-electron chi connectivity index (χ0n) is 17.8. The SMILES string of the molecule is COc1cc(C(=O)/C(=C/c2c[nH]c3cc(F)ccc23)SCC(O)CO)cc(OC)c1OC. The van der Waals surface area contributed by atoms with E-state index in [2.05, 4.69) is 4.98 Å². The standard InChI is InChI=1S/C23H24FNO6S/c1-29-19-6-13(7-20(30-2)23(19)31-3)22(28)21(32-12-16(27)11-26)8-14-10-25-18-9-15(24)4-5-17(14)18/h4-10,16,25-27H,11-12H2,1-3H3/b21-8-. The van der Waals surface area contributed by atoms with Crippen LogP contribution in [0.5, 0.6) is 17.2 Å². The Morgan fingerprint density at radius 1 is 1.16 bits per heavy atom. The van der Waals surface area contributed by atoms with E-state index in [9.17, 15) is 14.3 Å². The maximum absolute atomic E-state index is 13.5. The molecule has 0 saturated heterocycles. The highest BCUT2D eigenvalue weighted by Gasteiger charge is 2.21. The molecule has 1 aromatic heterocycles. The fourth-order valence-corrected chi connectivity index (χ4v) is 4.08. The molecule has 1 atom stereocenters. The quantitative estimate of drug-likeness (QED) is 0.313. The summed E-state index contributed by atoms with van der Waals surface area (Å²) < 4.78 is 29.5. The van der Waals surface area contributed by atoms with Crippen molar-refractivity contribution < 1.29 is 33.6 Å². The highest BCUT2D eigenvalue weighted by molar-refractivity contribution is 8.04. The molecule has 0 aliphatic carbocycles. The van der Waals surface area contributed by atoms with Crippen molar-refractivity contribution in [2.75, 3.05) is 33.7 Å². The lowest BCUT2D eigenvalue weighted by molar-refractivity contribution is 0.104. The number of carbonyl (C=O) groups excluding carboxylic acids is 1. The number of aliphatic hydroxyl groups is 2. The normalized spacial score (nSPS) is 12.6. The number of aliphatic hydroxyl groups excluding tert-OH is 2. The molecular formula is C23H24FNO6S. The monoisotopic (exact) mass is 461 g/mol. The van der Waals surface area contributed by atoms with Crippen LogP contribution in [-0.4, -0.2) is 60.8 Å². The summed E-state index contributed by atoms with van der Waals surface area (Å²) in [4.78, 5) is 16.7. The van der Waals surface area contributed by atoms with Crippen LogP contribution in [0.1, 0.15) is 15.9 Å². The summed E-state index contributed by atoms with van der Waals surface area (Å²) in [6.45, 7) is -0.426. The minimum Gasteiger partial charge on any atom is -0.493 e. The van der Waals surface area contributed by atoms with Gasteiger partial charge in [0.05, 0.1) is 38.9 Å². The number of hydrogen-bond acceptors (Lipinski definition) is 7. The fraction of sp³-hybridized carbons (Fsp3) is 0.261. The number of Topliss-reactive ketones (excluding diaryl/α,β-unsaturated/α-hetero) is 1. The molecule has 7 nitrogen and oxygen atoms in total. The number of halogens is 1. The van der Waals surface area contributed by atoms with E-state index in [-0.39, 0.29) is 17.4 Å². The largest absolute Gasteiger partial charge is 0.493 e. The van der Waals surface area contributed by atoms with Crippen LogP contribution in [0.15, 0.2) is 41.4 Å². The van der Waals surface area contributed by atoms with E-state index in [1.165, 1.54) is 33.5 Å². The minimum absolute atomic E-state index is 0.107. The lowest BCUT2D eigenvalue weighted by Gasteiger charge is -2.15. The smallest absolute Gasteiger partial charge is 0.203 e. The summed E-state index contributed by atoms with van der Waals surface area (Å²) in [5.41, 5.74) is 1.57. The van der Waals surface area contributed by atoms with Gasteiger partial charge < -0.3 is 29.4 Å². The third-order valence-electron chi connectivity index (χ3n) is 4.76. The van der Waals surface area contributed by atoms with Gasteiger partial charge in [0.1, 0.15) is 5.82 Å². The molecular weight excluding hydrogens is 437 g/mol. The van der Waals surface area contributed by atoms with E-state index >= 15 is 0 Å². The molecule has 0 saturated carbocycles. The summed E-state index contributed by atoms with van der Waals surface area (Å²) in [6, 6.07) is 7.44. The minimum atomic E-state index is -0.992. The Morgan fingerprint density at radius 3 is 2.44 bits per heavy atom. The van der Waals surface area contributed by atoms with Crippen LogP contribution < -0.4 is 14.2 Å². The summed E-state index contributed by atoms with van der Waals surface area (Å²) in [5.74, 6) is 0.421. The number of carbonyl (C=O) groups is 1. The van der Waals surface area contributed by atoms with E-state index in [1.807, 2.05) is 0 Å². The maximum Gasteiger partial charge on any atom is 0.203 e. The third-order valence-corrected chi connectivity index (χ3v) is 5.92. The van der Waals surface area contributed by atoms with Crippen LogP contribution in [-0.2, 0) is 0 Å². The number of nitrogens with one attached hydrogen (secondary N) is 1. The van der Waals surface area contributed by atoms with Crippen LogP contribution in [0.2, 0.25) is 0 Å². The van der Waals surface area contributed by atoms with Gasteiger partial charge in [-0.05, 0) is 36.4 Å². The lowest BCUT2D eigenvalue weighted by atomic mass is 10.1. The number of ether oxygens (including phenoxy) is 3. The van der Waals surface area contributed by atoms with E-state index in [4.69, 9.17) is 19.3 Å². The summed E-state index contributed by atoms with van der Waals surface area (Å²) >= 11 is 1.10. The van der Waals surface area contributed by atoms with Gasteiger partial charge in [0.15, 0.2) is 17.3 Å². The first-order chi connectivity index (χ1) is 15.4. The molecule has 0 fully saturated rings. The van der Waals surface area contributed by atoms with Gasteiger partial charge >= 0.3 is 0 Å². The van der Waals surface area contributed by atoms with Gasteiger partial charge in [0, 0.05) is 34.0 Å². The highest BCUT2D eigenvalue weighted by atomic mass is 32.2. The zero-order valence-corrected chi connectivity index (χ0v) is 18.7. The van der Waals surface area contributed by atoms with Crippen molar-refractivity contribution in [2.24, 2.45) is 0 Å². The van der Waals surface area contributed by atoms with Crippen molar-refractivity contribution in [3.05, 3.63) is 58.4 Å². The number of aromatic nitrogens is 1. The van der Waals surface area contributed by atoms with Gasteiger partial charge in [-0.1, -0.05) is 0 Å². The molecule has 3 rings (SSSR count). The Bertz CT molecular complexity index is 1120. The number of fused-ring (bicyclic) bond motifs is 1. The molecule has 170 valence electrons. The number of thioether (sulfide) groups is 1. The van der Waals surface area contributed by atoms with Crippen LogP contribution in [0.25, 0.3) is 17.0 Å². The van der Waals surface area contributed by atoms with Crippen LogP contribution >= 0.6 is 11.8 Å². The van der Waals surface area contributed by atoms with Gasteiger partial charge in [-0.2, -0.15) is 0 Å². The van der Waals surface area contributed by atoms with E-state index in [1.54, 1.807) is 30.5 Å². The number of aromatic amines is 1. The average molecular weight is 462 g/mol. The van der Waals surface area contributed by atoms with Gasteiger partial charge in [0.2, 0.25) is 5.75 Å². The van der Waals surface area contributed by atoms with Gasteiger partial charge in [-0.25, -0.2) is 4.39 Å². The molecule has 0 aliphatic heterocycles. The molecule has 9 heteroatoms. The molecule has 0 aliphatic rings. The molecule has 0 amide bonds. The van der Waals surface area contributed by atoms with Gasteiger partial charge in [0.25, 0.3) is 0 Å². The number of benzene rings is 2. The molecule has 3 N–H and O–H groups in total. The number of hydrogen-bond donors (Lipinski definition) is 3. The Kier molecular flexibility index (Phi) is 7.79. The second-order valence-corrected chi connectivity index (χ2v) is 7.89. The van der Waals surface area contributed by atoms with Crippen LogP contribution in [0.4, 0.5) is 4.39 Å². The van der Waals surface area contributed by atoms with Crippen molar-refractivity contribution >= 4 is 34.5 Å². The van der Waals surface area contributed by atoms with Crippen molar-refractivity contribution in [1.29, 1.82) is 0 Å². The van der Waals surface area contributed by atoms with Gasteiger partial charge in [-0.15, -0.1) is 11.8 Å². The molecule has 2 aromatic carbocycles. The summed E-state index contributed by atoms with van der Waals surface area (Å²) in [6.07, 6.45) is 2.35. The van der Waals surface area contributed by atoms with Crippen molar-refractivity contribution in [2.45, 2.75) is 6.10 Å². The van der Waals surface area contributed by atoms with E-state index in [0.29, 0.717) is 38.8 Å². The molecule has 0 bridgehead atoms. The predicted octanol–water partition coefficient (Wildman–Crippen LogP) is 3.64. The zero-order chi connectivity index (χ0) is 23.3. The Morgan fingerprint density at radius 2 is 1.84 bits per heavy atom. The van der Waals surface area contributed by atoms with Crippen molar-refractivity contribution in [1.82, 2.24) is 4.98 Å². The first-order valence-electron chi connectivity index (χ1n) is 9.66. The summed E-state index contributed by atoms with van der Waals surface area (Å²) in [5, 5.41) is 19.7. The van der Waals surface area contributed by atoms with Crippen molar-refractivity contribution in [3.63, 3.8) is 0 Å². The maximum atomic E-state index is 13.5. The van der Waals surface area contributed by atoms with Crippen LogP contribution in [0.3, 0.4) is 0 Å². The second-order valence-electron chi connectivity index (χ2n) is 6.83. The highest BCUT2D eigenvalue weighted by Crippen LogP contribution is 2.39. The first-order valence-corrected chi connectivity index (χ1v) is 10.6. The molecule has 32 heavy (non-hydrogen) atoms. The average Bonchev–Trinajstić information content (AvgIpc) is 3.21. The second kappa shape index (κ2) is 10.5. The van der Waals surface area contributed by atoms with E-state index in [0.717, 1.165) is 17.1 Å². The fourth-order valence-electron chi connectivity index (χ4n) is 3.15. The number of H-pyrrole nitrogens is 1. The topological polar surface area (TPSA) is 101 Å². The number of methoxy groups -OCH3 is 3.